The van der Waals surface area contributed by atoms with Crippen molar-refractivity contribution in [3.05, 3.63) is 42.0 Å². The van der Waals surface area contributed by atoms with Gasteiger partial charge in [0, 0.05) is 44.1 Å². The van der Waals surface area contributed by atoms with Crippen molar-refractivity contribution >= 4 is 29.9 Å². The van der Waals surface area contributed by atoms with Gasteiger partial charge in [0.05, 0.1) is 7.11 Å². The minimum absolute atomic E-state index is 0. The van der Waals surface area contributed by atoms with Gasteiger partial charge in [-0.1, -0.05) is 25.1 Å². The number of guanidine groups is 1. The second-order valence-corrected chi connectivity index (χ2v) is 6.63. The first-order chi connectivity index (χ1) is 12.7. The van der Waals surface area contributed by atoms with Crippen LogP contribution in [-0.2, 0) is 18.4 Å². The molecule has 0 amide bonds. The fourth-order valence-electron chi connectivity index (χ4n) is 3.28. The summed E-state index contributed by atoms with van der Waals surface area (Å²) in [5, 5.41) is 14.9. The molecule has 0 unspecified atom stereocenters. The fraction of sp³-hybridized carbons (Fsp3) is 0.526. The van der Waals surface area contributed by atoms with E-state index in [2.05, 4.69) is 49.4 Å². The van der Waals surface area contributed by atoms with Gasteiger partial charge >= 0.3 is 0 Å². The summed E-state index contributed by atoms with van der Waals surface area (Å²) in [6.45, 7) is 4.52. The van der Waals surface area contributed by atoms with Crippen LogP contribution < -0.4 is 15.4 Å². The van der Waals surface area contributed by atoms with E-state index >= 15 is 0 Å². The topological polar surface area (TPSA) is 76.4 Å². The highest BCUT2D eigenvalue weighted by atomic mass is 127. The van der Waals surface area contributed by atoms with E-state index in [0.29, 0.717) is 0 Å². The Bertz CT molecular complexity index is 756. The van der Waals surface area contributed by atoms with Gasteiger partial charge in [0.1, 0.15) is 17.9 Å². The summed E-state index contributed by atoms with van der Waals surface area (Å²) in [7, 11) is 3.53. The average Bonchev–Trinajstić information content (AvgIpc) is 3.34. The van der Waals surface area contributed by atoms with Gasteiger partial charge in [-0.25, -0.2) is 0 Å². The van der Waals surface area contributed by atoms with E-state index in [9.17, 15) is 0 Å². The van der Waals surface area contributed by atoms with E-state index in [1.165, 1.54) is 5.56 Å². The number of rotatable bonds is 8. The molecule has 148 valence electrons. The molecule has 3 rings (SSSR count). The van der Waals surface area contributed by atoms with Crippen LogP contribution in [0.1, 0.15) is 31.2 Å². The van der Waals surface area contributed by atoms with E-state index in [0.717, 1.165) is 56.4 Å². The highest BCUT2D eigenvalue weighted by Gasteiger charge is 2.46. The zero-order valence-electron chi connectivity index (χ0n) is 16.2. The molecule has 1 aromatic heterocycles. The van der Waals surface area contributed by atoms with Crippen molar-refractivity contribution in [1.82, 2.24) is 25.4 Å². The first-order valence-corrected chi connectivity index (χ1v) is 9.17. The number of benzene rings is 1. The third-order valence-corrected chi connectivity index (χ3v) is 5.01. The average molecular weight is 484 g/mol. The first kappa shape index (κ1) is 21.5. The first-order valence-electron chi connectivity index (χ1n) is 9.17. The van der Waals surface area contributed by atoms with Gasteiger partial charge in [-0.05, 0) is 18.9 Å². The van der Waals surface area contributed by atoms with E-state index in [-0.39, 0.29) is 29.4 Å². The molecule has 8 heteroatoms. The number of hydrogen-bond acceptors (Lipinski definition) is 4. The third kappa shape index (κ3) is 5.12. The maximum atomic E-state index is 5.54. The van der Waals surface area contributed by atoms with Gasteiger partial charge < -0.3 is 19.9 Å². The predicted octanol–water partition coefficient (Wildman–Crippen LogP) is 2.36. The number of ether oxygens (including phenoxy) is 1. The minimum Gasteiger partial charge on any atom is -0.496 e. The number of halogens is 1. The number of nitrogens with one attached hydrogen (secondary N) is 2. The molecule has 1 fully saturated rings. The van der Waals surface area contributed by atoms with Crippen molar-refractivity contribution in [3.8, 4) is 5.75 Å². The van der Waals surface area contributed by atoms with E-state index in [1.807, 2.05) is 12.1 Å². The summed E-state index contributed by atoms with van der Waals surface area (Å²) in [5.74, 6) is 2.79. The molecule has 1 saturated carbocycles. The van der Waals surface area contributed by atoms with Crippen molar-refractivity contribution < 1.29 is 4.74 Å². The van der Waals surface area contributed by atoms with Crippen molar-refractivity contribution in [2.75, 3.05) is 27.2 Å². The summed E-state index contributed by atoms with van der Waals surface area (Å²) in [6.07, 6.45) is 4.99. The summed E-state index contributed by atoms with van der Waals surface area (Å²) in [6, 6.07) is 8.30. The lowest BCUT2D eigenvalue weighted by atomic mass is 9.95. The van der Waals surface area contributed by atoms with Crippen LogP contribution in [0.4, 0.5) is 0 Å². The molecule has 7 nitrogen and oxygen atoms in total. The molecule has 2 aromatic rings. The zero-order chi connectivity index (χ0) is 18.4. The van der Waals surface area contributed by atoms with Gasteiger partial charge in [-0.15, -0.1) is 34.2 Å². The van der Waals surface area contributed by atoms with Gasteiger partial charge in [0.2, 0.25) is 0 Å². The molecule has 1 aliphatic rings. The van der Waals surface area contributed by atoms with Crippen molar-refractivity contribution in [2.45, 2.75) is 38.1 Å². The Morgan fingerprint density at radius 3 is 2.74 bits per heavy atom. The minimum atomic E-state index is 0. The van der Waals surface area contributed by atoms with E-state index in [1.54, 1.807) is 20.5 Å². The molecule has 0 atom stereocenters. The Morgan fingerprint density at radius 2 is 2.07 bits per heavy atom. The smallest absolute Gasteiger partial charge is 0.191 e. The largest absolute Gasteiger partial charge is 0.496 e. The van der Waals surface area contributed by atoms with Crippen LogP contribution in [0, 0.1) is 0 Å². The molecule has 0 spiro atoms. The molecular formula is C19H29IN6O. The van der Waals surface area contributed by atoms with Crippen molar-refractivity contribution in [3.63, 3.8) is 0 Å². The molecule has 2 N–H and O–H groups in total. The Morgan fingerprint density at radius 1 is 1.30 bits per heavy atom. The number of aryl methyl sites for hydroxylation is 1. The second-order valence-electron chi connectivity index (χ2n) is 6.63. The highest BCUT2D eigenvalue weighted by molar-refractivity contribution is 14.0. The number of aliphatic imine (C=N–C) groups is 1. The Labute approximate surface area is 178 Å². The summed E-state index contributed by atoms with van der Waals surface area (Å²) >= 11 is 0. The van der Waals surface area contributed by atoms with Crippen LogP contribution in [0.2, 0.25) is 0 Å². The molecule has 0 radical (unpaired) electrons. The molecule has 0 aliphatic heterocycles. The lowest BCUT2D eigenvalue weighted by Crippen LogP contribution is -2.42. The van der Waals surface area contributed by atoms with Crippen molar-refractivity contribution in [2.24, 2.45) is 4.99 Å². The molecule has 1 aliphatic carbocycles. The Kier molecular flexibility index (Phi) is 7.88. The van der Waals surface area contributed by atoms with Crippen LogP contribution in [0.15, 0.2) is 35.6 Å². The predicted molar refractivity (Wildman–Crippen MR) is 118 cm³/mol. The number of hydrogen-bond donors (Lipinski definition) is 2. The van der Waals surface area contributed by atoms with Crippen LogP contribution in [-0.4, -0.2) is 48.0 Å². The Hall–Kier alpha value is -1.84. The standard InChI is InChI=1S/C19H28N6O.HI/c1-4-17-24-23-14-25(17)12-11-21-18(20-2)22-13-19(9-10-19)15-7-5-6-8-16(15)26-3;/h5-8,14H,4,9-13H2,1-3H3,(H2,20,21,22);1H. The molecule has 0 saturated heterocycles. The van der Waals surface area contributed by atoms with Crippen LogP contribution in [0.5, 0.6) is 5.75 Å². The van der Waals surface area contributed by atoms with Gasteiger partial charge in [-0.3, -0.25) is 4.99 Å². The van der Waals surface area contributed by atoms with Crippen LogP contribution in [0.25, 0.3) is 0 Å². The second kappa shape index (κ2) is 9.91. The number of para-hydroxylation sites is 1. The number of aromatic nitrogens is 3. The SMILES string of the molecule is CCc1nncn1CCNC(=NC)NCC1(c2ccccc2OC)CC1.I. The van der Waals surface area contributed by atoms with Gasteiger partial charge in [0.25, 0.3) is 0 Å². The lowest BCUT2D eigenvalue weighted by Gasteiger charge is -2.21. The van der Waals surface area contributed by atoms with Crippen molar-refractivity contribution in [1.29, 1.82) is 0 Å². The summed E-state index contributed by atoms with van der Waals surface area (Å²) in [4.78, 5) is 4.34. The summed E-state index contributed by atoms with van der Waals surface area (Å²) < 4.78 is 7.61. The van der Waals surface area contributed by atoms with Gasteiger partial charge in [0.15, 0.2) is 5.96 Å². The van der Waals surface area contributed by atoms with Crippen LogP contribution >= 0.6 is 24.0 Å². The highest BCUT2D eigenvalue weighted by Crippen LogP contribution is 2.50. The molecule has 1 heterocycles. The fourth-order valence-corrected chi connectivity index (χ4v) is 3.28. The summed E-state index contributed by atoms with van der Waals surface area (Å²) in [5.41, 5.74) is 1.43. The van der Waals surface area contributed by atoms with E-state index < -0.39 is 0 Å². The number of nitrogens with zero attached hydrogens (tertiary/aromatic N) is 4. The molecule has 27 heavy (non-hydrogen) atoms. The van der Waals surface area contributed by atoms with E-state index in [4.69, 9.17) is 4.74 Å². The molecule has 0 bridgehead atoms. The van der Waals surface area contributed by atoms with Crippen LogP contribution in [0.3, 0.4) is 0 Å². The maximum absolute atomic E-state index is 5.54. The van der Waals surface area contributed by atoms with Gasteiger partial charge in [-0.2, -0.15) is 0 Å². The third-order valence-electron chi connectivity index (χ3n) is 5.01. The monoisotopic (exact) mass is 484 g/mol. The number of methoxy groups -OCH3 is 1. The molecular weight excluding hydrogens is 455 g/mol. The zero-order valence-corrected chi connectivity index (χ0v) is 18.6. The molecule has 1 aromatic carbocycles. The quantitative estimate of drug-likeness (QED) is 0.342. The normalized spacial score (nSPS) is 15.0. The Balaban J connectivity index is 0.00000261. The maximum Gasteiger partial charge on any atom is 0.191 e. The lowest BCUT2D eigenvalue weighted by molar-refractivity contribution is 0.403.